The molecule has 3 aromatic carbocycles. The Morgan fingerprint density at radius 3 is 1.65 bits per heavy atom. The van der Waals surface area contributed by atoms with E-state index in [0.717, 1.165) is 6.92 Å². The average Bonchev–Trinajstić information content (AvgIpc) is 3.06. The van der Waals surface area contributed by atoms with Gasteiger partial charge in [-0.2, -0.15) is 13.2 Å². The van der Waals surface area contributed by atoms with Gasteiger partial charge in [-0.25, -0.2) is 19.3 Å². The number of alkyl halides is 3. The van der Waals surface area contributed by atoms with E-state index < -0.39 is 72.6 Å². The van der Waals surface area contributed by atoms with E-state index in [1.54, 1.807) is 78.9 Å². The maximum Gasteiger partial charge on any atom is 0.471 e. The van der Waals surface area contributed by atoms with Crippen molar-refractivity contribution in [3.05, 3.63) is 108 Å². The zero-order chi connectivity index (χ0) is 33.7. The molecular weight excluding hydrogens is 615 g/mol. The second kappa shape index (κ2) is 17.1. The van der Waals surface area contributed by atoms with Crippen LogP contribution in [0.2, 0.25) is 0 Å². The molecular formula is C32H32F3NO10. The second-order valence-electron chi connectivity index (χ2n) is 9.86. The highest BCUT2D eigenvalue weighted by Gasteiger charge is 2.52. The topological polar surface area (TPSA) is 149 Å². The van der Waals surface area contributed by atoms with Gasteiger partial charge in [0.25, 0.3) is 0 Å². The molecule has 0 bridgehead atoms. The predicted molar refractivity (Wildman–Crippen MR) is 153 cm³/mol. The minimum absolute atomic E-state index is 0.277. The fourth-order valence-corrected chi connectivity index (χ4v) is 4.03. The van der Waals surface area contributed by atoms with Crippen molar-refractivity contribution in [2.45, 2.75) is 57.3 Å². The van der Waals surface area contributed by atoms with Gasteiger partial charge in [0.2, 0.25) is 6.10 Å². The first-order chi connectivity index (χ1) is 21.9. The lowest BCUT2D eigenvalue weighted by Gasteiger charge is -2.33. The fourth-order valence-electron chi connectivity index (χ4n) is 4.03. The van der Waals surface area contributed by atoms with Crippen molar-refractivity contribution in [3.63, 3.8) is 0 Å². The number of aliphatic hydroxyl groups excluding tert-OH is 2. The Balaban J connectivity index is 1.94. The number of aliphatic hydroxyl groups is 2. The van der Waals surface area contributed by atoms with Gasteiger partial charge in [-0.05, 0) is 23.6 Å². The van der Waals surface area contributed by atoms with Crippen molar-refractivity contribution in [1.82, 2.24) is 4.90 Å². The van der Waals surface area contributed by atoms with E-state index in [9.17, 15) is 42.6 Å². The number of hydrogen-bond acceptors (Lipinski definition) is 10. The predicted octanol–water partition coefficient (Wildman–Crippen LogP) is 3.70. The normalized spacial score (nSPS) is 13.9. The summed E-state index contributed by atoms with van der Waals surface area (Å²) in [6.07, 6.45) is -13.6. The van der Waals surface area contributed by atoms with Gasteiger partial charge in [0, 0.05) is 0 Å². The zero-order valence-electron chi connectivity index (χ0n) is 24.5. The van der Waals surface area contributed by atoms with Crippen LogP contribution in [-0.4, -0.2) is 76.2 Å². The molecule has 14 heteroatoms. The lowest BCUT2D eigenvalue weighted by atomic mass is 10.1. The Labute approximate surface area is 262 Å². The highest BCUT2D eigenvalue weighted by molar-refractivity contribution is 5.99. The lowest BCUT2D eigenvalue weighted by Crippen LogP contribution is -2.59. The third-order valence-corrected chi connectivity index (χ3v) is 6.42. The number of esters is 2. The van der Waals surface area contributed by atoms with E-state index >= 15 is 0 Å². The summed E-state index contributed by atoms with van der Waals surface area (Å²) in [5.41, 5.74) is 1.39. The summed E-state index contributed by atoms with van der Waals surface area (Å²) in [6.45, 7) is -1.23. The van der Waals surface area contributed by atoms with Crippen molar-refractivity contribution < 1.29 is 61.5 Å². The summed E-state index contributed by atoms with van der Waals surface area (Å²) in [4.78, 5) is 51.7. The summed E-state index contributed by atoms with van der Waals surface area (Å²) in [6, 6.07) is 21.7. The second-order valence-corrected chi connectivity index (χ2v) is 9.86. The Kier molecular flexibility index (Phi) is 13.2. The smallest absolute Gasteiger partial charge is 0.458 e. The van der Waals surface area contributed by atoms with Gasteiger partial charge in [-0.3, -0.25) is 4.79 Å². The minimum Gasteiger partial charge on any atom is -0.458 e. The molecule has 0 aromatic heterocycles. The number of imide groups is 1. The Hall–Kier alpha value is -4.79. The molecule has 2 amide bonds. The lowest BCUT2D eigenvalue weighted by molar-refractivity contribution is -0.196. The first kappa shape index (κ1) is 35.7. The van der Waals surface area contributed by atoms with Gasteiger partial charge in [0.05, 0.1) is 19.3 Å². The molecule has 0 aliphatic carbocycles. The number of ether oxygens (including phenoxy) is 4. The molecule has 0 aliphatic rings. The van der Waals surface area contributed by atoms with Gasteiger partial charge >= 0.3 is 30.1 Å². The van der Waals surface area contributed by atoms with Crippen LogP contribution in [-0.2, 0) is 53.2 Å². The molecule has 0 heterocycles. The molecule has 0 radical (unpaired) electrons. The van der Waals surface area contributed by atoms with Crippen LogP contribution >= 0.6 is 0 Å². The first-order valence-electron chi connectivity index (χ1n) is 13.9. The molecule has 0 aliphatic heterocycles. The number of nitrogens with zero attached hydrogens (tertiary/aromatic N) is 1. The van der Waals surface area contributed by atoms with Crippen LogP contribution in [0.1, 0.15) is 23.6 Å². The minimum atomic E-state index is -5.68. The number of hydrogen-bond donors (Lipinski definition) is 2. The third-order valence-electron chi connectivity index (χ3n) is 6.42. The van der Waals surface area contributed by atoms with Gasteiger partial charge in [-0.1, -0.05) is 91.0 Å². The van der Waals surface area contributed by atoms with Gasteiger partial charge in [-0.15, -0.1) is 0 Å². The van der Waals surface area contributed by atoms with Crippen molar-refractivity contribution in [2.24, 2.45) is 0 Å². The van der Waals surface area contributed by atoms with Crippen molar-refractivity contribution >= 4 is 23.9 Å². The van der Waals surface area contributed by atoms with Crippen LogP contribution in [0.25, 0.3) is 0 Å². The van der Waals surface area contributed by atoms with E-state index in [2.05, 4.69) is 0 Å². The highest BCUT2D eigenvalue weighted by atomic mass is 19.4. The molecule has 0 fully saturated rings. The molecule has 0 spiro atoms. The number of halogens is 3. The van der Waals surface area contributed by atoms with E-state index in [4.69, 9.17) is 18.9 Å². The SMILES string of the molecule is C[C@@H](OCc1ccccc1)[C@@H](C(=O)O[C@@H](C(=O)OCc1ccccc1)[C@@H](O)CO)N(C(=O)OCc1ccccc1)C(=O)C(F)(F)F. The molecule has 3 rings (SSSR count). The molecule has 3 aromatic rings. The maximum atomic E-state index is 13.9. The Morgan fingerprint density at radius 1 is 0.739 bits per heavy atom. The van der Waals surface area contributed by atoms with Crippen LogP contribution in [0.5, 0.6) is 0 Å². The first-order valence-corrected chi connectivity index (χ1v) is 13.9. The van der Waals surface area contributed by atoms with Crippen LogP contribution in [0.3, 0.4) is 0 Å². The molecule has 2 N–H and O–H groups in total. The Morgan fingerprint density at radius 2 is 1.20 bits per heavy atom. The number of amides is 2. The van der Waals surface area contributed by atoms with Crippen LogP contribution in [0.15, 0.2) is 91.0 Å². The van der Waals surface area contributed by atoms with E-state index in [1.165, 1.54) is 12.1 Å². The number of carbonyl (C=O) groups excluding carboxylic acids is 4. The molecule has 4 atom stereocenters. The van der Waals surface area contributed by atoms with Crippen LogP contribution < -0.4 is 0 Å². The van der Waals surface area contributed by atoms with Crippen LogP contribution in [0, 0.1) is 0 Å². The van der Waals surface area contributed by atoms with Crippen molar-refractivity contribution in [1.29, 1.82) is 0 Å². The number of rotatable bonds is 14. The van der Waals surface area contributed by atoms with Crippen LogP contribution in [0.4, 0.5) is 18.0 Å². The monoisotopic (exact) mass is 647 g/mol. The van der Waals surface area contributed by atoms with E-state index in [0.29, 0.717) is 16.7 Å². The van der Waals surface area contributed by atoms with Crippen molar-refractivity contribution in [2.75, 3.05) is 6.61 Å². The van der Waals surface area contributed by atoms with E-state index in [-0.39, 0.29) is 13.2 Å². The van der Waals surface area contributed by atoms with Gasteiger partial charge in [0.15, 0.2) is 6.04 Å². The highest BCUT2D eigenvalue weighted by Crippen LogP contribution is 2.25. The largest absolute Gasteiger partial charge is 0.471 e. The zero-order valence-corrected chi connectivity index (χ0v) is 24.5. The number of benzene rings is 3. The summed E-state index contributed by atoms with van der Waals surface area (Å²) >= 11 is 0. The molecule has 46 heavy (non-hydrogen) atoms. The molecule has 0 saturated heterocycles. The molecule has 11 nitrogen and oxygen atoms in total. The number of carbonyl (C=O) groups is 4. The maximum absolute atomic E-state index is 13.9. The van der Waals surface area contributed by atoms with Gasteiger partial charge in [0.1, 0.15) is 19.3 Å². The summed E-state index contributed by atoms with van der Waals surface area (Å²) in [7, 11) is 0. The van der Waals surface area contributed by atoms with E-state index in [1.807, 2.05) is 0 Å². The fraction of sp³-hybridized carbons (Fsp3) is 0.312. The quantitative estimate of drug-likeness (QED) is 0.196. The standard InChI is InChI=1S/C32H32F3NO10/c1-21(43-18-22-11-5-2-6-12-22)26(36(30(41)32(33,34)35)31(42)45-20-24-15-9-4-10-16-24)28(39)46-27(25(38)17-37)29(40)44-19-23-13-7-3-8-14-23/h2-16,21,25-27,37-38H,17-20H2,1H3/t21-,25+,26+,27-/m1/s1. The third kappa shape index (κ3) is 10.4. The molecule has 246 valence electrons. The summed E-state index contributed by atoms with van der Waals surface area (Å²) in [5, 5.41) is 19.8. The summed E-state index contributed by atoms with van der Waals surface area (Å²) < 4.78 is 62.3. The average molecular weight is 648 g/mol. The molecule has 0 unspecified atom stereocenters. The van der Waals surface area contributed by atoms with Crippen molar-refractivity contribution in [3.8, 4) is 0 Å². The van der Waals surface area contributed by atoms with Gasteiger partial charge < -0.3 is 29.2 Å². The Bertz CT molecular complexity index is 1420. The summed E-state index contributed by atoms with van der Waals surface area (Å²) in [5.74, 6) is -5.91. The molecule has 0 saturated carbocycles.